The Hall–Kier alpha value is -1.85. The van der Waals surface area contributed by atoms with Crippen LogP contribution in [0.5, 0.6) is 5.75 Å². The average Bonchev–Trinajstić information content (AvgIpc) is 2.85. The summed E-state index contributed by atoms with van der Waals surface area (Å²) in [6.45, 7) is 2.60. The Morgan fingerprint density at radius 2 is 2.11 bits per heavy atom. The van der Waals surface area contributed by atoms with Crippen LogP contribution in [0.1, 0.15) is 22.6 Å². The van der Waals surface area contributed by atoms with E-state index < -0.39 is 0 Å². The lowest BCUT2D eigenvalue weighted by Crippen LogP contribution is -1.99. The van der Waals surface area contributed by atoms with Crippen molar-refractivity contribution in [2.75, 3.05) is 7.11 Å². The highest BCUT2D eigenvalue weighted by atomic mass is 16.5. The molecule has 5 heteroatoms. The molecule has 1 aromatic carbocycles. The summed E-state index contributed by atoms with van der Waals surface area (Å²) in [4.78, 5) is 0. The SMILES string of the molecule is COCc1cc(COc2ccc(C)cc2CO)no1. The van der Waals surface area contributed by atoms with Crippen molar-refractivity contribution in [1.29, 1.82) is 0 Å². The summed E-state index contributed by atoms with van der Waals surface area (Å²) < 4.78 is 15.6. The molecule has 0 amide bonds. The molecule has 102 valence electrons. The Morgan fingerprint density at radius 3 is 2.84 bits per heavy atom. The van der Waals surface area contributed by atoms with Gasteiger partial charge in [-0.3, -0.25) is 0 Å². The Kier molecular flexibility index (Phi) is 4.54. The number of methoxy groups -OCH3 is 1. The molecule has 19 heavy (non-hydrogen) atoms. The second-order valence-electron chi connectivity index (χ2n) is 4.28. The van der Waals surface area contributed by atoms with Gasteiger partial charge in [-0.1, -0.05) is 22.9 Å². The fourth-order valence-electron chi connectivity index (χ4n) is 1.76. The van der Waals surface area contributed by atoms with Gasteiger partial charge in [-0.2, -0.15) is 0 Å². The van der Waals surface area contributed by atoms with Gasteiger partial charge >= 0.3 is 0 Å². The minimum atomic E-state index is -0.0508. The van der Waals surface area contributed by atoms with Gasteiger partial charge in [0.2, 0.25) is 0 Å². The van der Waals surface area contributed by atoms with E-state index in [-0.39, 0.29) is 6.61 Å². The number of nitrogens with zero attached hydrogens (tertiary/aromatic N) is 1. The normalized spacial score (nSPS) is 10.7. The quantitative estimate of drug-likeness (QED) is 0.865. The van der Waals surface area contributed by atoms with Crippen molar-refractivity contribution in [1.82, 2.24) is 5.16 Å². The molecule has 2 rings (SSSR count). The lowest BCUT2D eigenvalue weighted by molar-refractivity contribution is 0.155. The Bertz CT molecular complexity index is 536. The van der Waals surface area contributed by atoms with Crippen molar-refractivity contribution in [3.05, 3.63) is 46.8 Å². The number of aliphatic hydroxyl groups excluding tert-OH is 1. The van der Waals surface area contributed by atoms with Crippen molar-refractivity contribution >= 4 is 0 Å². The number of aliphatic hydroxyl groups is 1. The zero-order valence-electron chi connectivity index (χ0n) is 11.0. The highest BCUT2D eigenvalue weighted by Crippen LogP contribution is 2.21. The zero-order chi connectivity index (χ0) is 13.7. The maximum Gasteiger partial charge on any atom is 0.162 e. The van der Waals surface area contributed by atoms with Crippen molar-refractivity contribution in [3.8, 4) is 5.75 Å². The highest BCUT2D eigenvalue weighted by Gasteiger charge is 2.07. The molecule has 1 aromatic heterocycles. The van der Waals surface area contributed by atoms with Crippen LogP contribution in [0, 0.1) is 6.92 Å². The molecule has 0 radical (unpaired) electrons. The predicted molar refractivity (Wildman–Crippen MR) is 68.6 cm³/mol. The van der Waals surface area contributed by atoms with Gasteiger partial charge < -0.3 is 19.1 Å². The molecule has 5 nitrogen and oxygen atoms in total. The number of benzene rings is 1. The van der Waals surface area contributed by atoms with Crippen LogP contribution >= 0.6 is 0 Å². The summed E-state index contributed by atoms with van der Waals surface area (Å²) in [7, 11) is 1.60. The van der Waals surface area contributed by atoms with Crippen LogP contribution in [0.2, 0.25) is 0 Å². The Morgan fingerprint density at radius 1 is 1.26 bits per heavy atom. The van der Waals surface area contributed by atoms with E-state index in [1.54, 1.807) is 13.2 Å². The minimum absolute atomic E-state index is 0.0508. The third-order valence-electron chi connectivity index (χ3n) is 2.66. The molecular weight excluding hydrogens is 246 g/mol. The van der Waals surface area contributed by atoms with Crippen LogP contribution in [0.25, 0.3) is 0 Å². The molecule has 0 bridgehead atoms. The fourth-order valence-corrected chi connectivity index (χ4v) is 1.76. The maximum atomic E-state index is 9.28. The molecule has 0 atom stereocenters. The molecule has 0 spiro atoms. The number of ether oxygens (including phenoxy) is 2. The van der Waals surface area contributed by atoms with Gasteiger partial charge in [0.15, 0.2) is 5.76 Å². The molecule has 2 aromatic rings. The lowest BCUT2D eigenvalue weighted by atomic mass is 10.1. The Balaban J connectivity index is 2.01. The number of aryl methyl sites for hydroxylation is 1. The van der Waals surface area contributed by atoms with Gasteiger partial charge in [-0.25, -0.2) is 0 Å². The summed E-state index contributed by atoms with van der Waals surface area (Å²) in [6.07, 6.45) is 0. The number of rotatable bonds is 6. The first kappa shape index (κ1) is 13.6. The van der Waals surface area contributed by atoms with Crippen LogP contribution in [0.4, 0.5) is 0 Å². The van der Waals surface area contributed by atoms with Crippen LogP contribution < -0.4 is 4.74 Å². The number of hydrogen-bond acceptors (Lipinski definition) is 5. The van der Waals surface area contributed by atoms with Crippen molar-refractivity contribution in [2.45, 2.75) is 26.7 Å². The predicted octanol–water partition coefficient (Wildman–Crippen LogP) is 2.20. The lowest BCUT2D eigenvalue weighted by Gasteiger charge is -2.09. The smallest absolute Gasteiger partial charge is 0.162 e. The molecule has 1 heterocycles. The van der Waals surface area contributed by atoms with E-state index in [0.29, 0.717) is 30.4 Å². The standard InChI is InChI=1S/C14H17NO4/c1-10-3-4-14(11(5-10)7-16)18-8-12-6-13(9-17-2)19-15-12/h3-6,16H,7-9H2,1-2H3. The zero-order valence-corrected chi connectivity index (χ0v) is 11.0. The van der Waals surface area contributed by atoms with E-state index in [9.17, 15) is 5.11 Å². The second kappa shape index (κ2) is 6.36. The first-order valence-corrected chi connectivity index (χ1v) is 5.99. The van der Waals surface area contributed by atoms with Gasteiger partial charge in [-0.05, 0) is 13.0 Å². The van der Waals surface area contributed by atoms with Crippen molar-refractivity contribution < 1.29 is 19.1 Å². The first-order chi connectivity index (χ1) is 9.22. The van der Waals surface area contributed by atoms with Gasteiger partial charge in [0.1, 0.15) is 24.7 Å². The summed E-state index contributed by atoms with van der Waals surface area (Å²) in [6, 6.07) is 7.47. The monoisotopic (exact) mass is 263 g/mol. The molecule has 0 aliphatic heterocycles. The van der Waals surface area contributed by atoms with E-state index in [1.807, 2.05) is 25.1 Å². The average molecular weight is 263 g/mol. The van der Waals surface area contributed by atoms with Gasteiger partial charge in [0.25, 0.3) is 0 Å². The molecule has 0 saturated heterocycles. The molecule has 0 aliphatic rings. The largest absolute Gasteiger partial charge is 0.487 e. The summed E-state index contributed by atoms with van der Waals surface area (Å²) in [5.74, 6) is 1.32. The molecule has 0 unspecified atom stereocenters. The highest BCUT2D eigenvalue weighted by molar-refractivity contribution is 5.36. The summed E-state index contributed by atoms with van der Waals surface area (Å²) >= 11 is 0. The van der Waals surface area contributed by atoms with E-state index in [2.05, 4.69) is 5.16 Å². The van der Waals surface area contributed by atoms with E-state index in [4.69, 9.17) is 14.0 Å². The fraction of sp³-hybridized carbons (Fsp3) is 0.357. The first-order valence-electron chi connectivity index (χ1n) is 5.99. The summed E-state index contributed by atoms with van der Waals surface area (Å²) in [5.41, 5.74) is 2.54. The molecular formula is C14H17NO4. The topological polar surface area (TPSA) is 64.7 Å². The number of hydrogen-bond donors (Lipinski definition) is 1. The third kappa shape index (κ3) is 3.56. The summed E-state index contributed by atoms with van der Waals surface area (Å²) in [5, 5.41) is 13.2. The minimum Gasteiger partial charge on any atom is -0.487 e. The van der Waals surface area contributed by atoms with E-state index >= 15 is 0 Å². The molecule has 0 saturated carbocycles. The van der Waals surface area contributed by atoms with Crippen LogP contribution in [-0.2, 0) is 24.6 Å². The van der Waals surface area contributed by atoms with Crippen LogP contribution in [0.15, 0.2) is 28.8 Å². The Labute approximate surface area is 111 Å². The molecule has 0 aliphatic carbocycles. The maximum absolute atomic E-state index is 9.28. The van der Waals surface area contributed by atoms with Crippen LogP contribution in [0.3, 0.4) is 0 Å². The van der Waals surface area contributed by atoms with E-state index in [0.717, 1.165) is 11.1 Å². The second-order valence-corrected chi connectivity index (χ2v) is 4.28. The van der Waals surface area contributed by atoms with Crippen LogP contribution in [-0.4, -0.2) is 17.4 Å². The van der Waals surface area contributed by atoms with Gasteiger partial charge in [0, 0.05) is 18.7 Å². The number of aromatic nitrogens is 1. The molecule has 1 N–H and O–H groups in total. The van der Waals surface area contributed by atoms with Gasteiger partial charge in [0.05, 0.1) is 6.61 Å². The van der Waals surface area contributed by atoms with Crippen molar-refractivity contribution in [2.24, 2.45) is 0 Å². The molecule has 0 fully saturated rings. The third-order valence-corrected chi connectivity index (χ3v) is 2.66. The van der Waals surface area contributed by atoms with E-state index in [1.165, 1.54) is 0 Å². The van der Waals surface area contributed by atoms with Gasteiger partial charge in [-0.15, -0.1) is 0 Å². The van der Waals surface area contributed by atoms with Crippen molar-refractivity contribution in [3.63, 3.8) is 0 Å².